The summed E-state index contributed by atoms with van der Waals surface area (Å²) in [5, 5.41) is 7.75. The number of para-hydroxylation sites is 1. The second kappa shape index (κ2) is 8.10. The van der Waals surface area contributed by atoms with E-state index < -0.39 is 0 Å². The summed E-state index contributed by atoms with van der Waals surface area (Å²) in [7, 11) is 0. The highest BCUT2D eigenvalue weighted by Crippen LogP contribution is 2.34. The summed E-state index contributed by atoms with van der Waals surface area (Å²) in [4.78, 5) is 25.3. The Labute approximate surface area is 174 Å². The Morgan fingerprint density at radius 3 is 2.80 bits per heavy atom. The van der Waals surface area contributed by atoms with Crippen LogP contribution in [0.5, 0.6) is 11.5 Å². The van der Waals surface area contributed by atoms with Crippen LogP contribution in [0.4, 0.5) is 0 Å². The number of fused-ring (bicyclic) bond motifs is 2. The summed E-state index contributed by atoms with van der Waals surface area (Å²) < 4.78 is 18.3. The molecule has 0 unspecified atom stereocenters. The van der Waals surface area contributed by atoms with E-state index in [1.807, 2.05) is 6.07 Å². The molecule has 8 heteroatoms. The van der Waals surface area contributed by atoms with Crippen LogP contribution >= 0.6 is 0 Å². The van der Waals surface area contributed by atoms with Crippen molar-refractivity contribution >= 4 is 5.91 Å². The Bertz CT molecular complexity index is 1010. The fraction of sp³-hybridized carbons (Fsp3) is 0.500. The van der Waals surface area contributed by atoms with Gasteiger partial charge in [0, 0.05) is 24.1 Å². The average molecular weight is 411 g/mol. The average Bonchev–Trinajstić information content (AvgIpc) is 2.79. The molecule has 1 amide bonds. The zero-order chi connectivity index (χ0) is 20.5. The van der Waals surface area contributed by atoms with Crippen LogP contribution in [0, 0.1) is 0 Å². The van der Waals surface area contributed by atoms with E-state index in [2.05, 4.69) is 10.4 Å². The van der Waals surface area contributed by atoms with Gasteiger partial charge in [-0.25, -0.2) is 4.68 Å². The first kappa shape index (κ1) is 19.1. The molecule has 158 valence electrons. The van der Waals surface area contributed by atoms with Crippen molar-refractivity contribution < 1.29 is 19.0 Å². The maximum Gasteiger partial charge on any atom is 0.267 e. The predicted octanol–water partition coefficient (Wildman–Crippen LogP) is 2.00. The molecular weight excluding hydrogens is 386 g/mol. The van der Waals surface area contributed by atoms with Crippen LogP contribution in [0.2, 0.25) is 0 Å². The highest BCUT2D eigenvalue weighted by atomic mass is 16.6. The smallest absolute Gasteiger partial charge is 0.267 e. The van der Waals surface area contributed by atoms with Gasteiger partial charge in [0.1, 0.15) is 13.2 Å². The van der Waals surface area contributed by atoms with Crippen molar-refractivity contribution in [1.82, 2.24) is 15.1 Å². The number of carbonyl (C=O) groups is 1. The normalized spacial score (nSPS) is 22.8. The Balaban J connectivity index is 1.24. The van der Waals surface area contributed by atoms with Crippen molar-refractivity contribution in [1.29, 1.82) is 0 Å². The highest BCUT2D eigenvalue weighted by Gasteiger charge is 2.28. The Morgan fingerprint density at radius 2 is 1.93 bits per heavy atom. The molecular formula is C22H25N3O5. The number of rotatable bonds is 3. The van der Waals surface area contributed by atoms with Crippen LogP contribution in [-0.4, -0.2) is 41.6 Å². The summed E-state index contributed by atoms with van der Waals surface area (Å²) in [5.74, 6) is 0.981. The zero-order valence-electron chi connectivity index (χ0n) is 16.8. The number of hydrogen-bond acceptors (Lipinski definition) is 6. The third-order valence-corrected chi connectivity index (χ3v) is 6.05. The number of aromatic nitrogens is 2. The minimum atomic E-state index is -0.148. The van der Waals surface area contributed by atoms with Crippen molar-refractivity contribution in [3.05, 3.63) is 51.4 Å². The van der Waals surface area contributed by atoms with Gasteiger partial charge in [-0.2, -0.15) is 5.10 Å². The number of hydrogen-bond donors (Lipinski definition) is 1. The summed E-state index contributed by atoms with van der Waals surface area (Å²) in [6.07, 6.45) is 3.96. The van der Waals surface area contributed by atoms with Gasteiger partial charge in [-0.05, 0) is 37.8 Å². The molecule has 3 heterocycles. The first-order valence-corrected chi connectivity index (χ1v) is 10.6. The second-order valence-corrected chi connectivity index (χ2v) is 8.01. The van der Waals surface area contributed by atoms with E-state index in [4.69, 9.17) is 14.2 Å². The molecule has 0 spiro atoms. The van der Waals surface area contributed by atoms with Crippen LogP contribution in [0.25, 0.3) is 0 Å². The quantitative estimate of drug-likeness (QED) is 0.831. The predicted molar refractivity (Wildman–Crippen MR) is 108 cm³/mol. The van der Waals surface area contributed by atoms with Crippen LogP contribution in [0.1, 0.15) is 53.3 Å². The molecule has 1 saturated carbocycles. The van der Waals surface area contributed by atoms with Gasteiger partial charge in [0.15, 0.2) is 11.5 Å². The number of benzene rings is 1. The second-order valence-electron chi connectivity index (χ2n) is 8.01. The van der Waals surface area contributed by atoms with Gasteiger partial charge in [-0.15, -0.1) is 0 Å². The van der Waals surface area contributed by atoms with Crippen molar-refractivity contribution in [3.8, 4) is 11.5 Å². The van der Waals surface area contributed by atoms with Crippen LogP contribution in [-0.2, 0) is 17.8 Å². The van der Waals surface area contributed by atoms with Gasteiger partial charge in [0.05, 0.1) is 30.5 Å². The number of amides is 1. The number of carbonyl (C=O) groups excluding carboxylic acids is 1. The summed E-state index contributed by atoms with van der Waals surface area (Å²) >= 11 is 0. The molecule has 1 aliphatic carbocycles. The first-order chi connectivity index (χ1) is 14.7. The monoisotopic (exact) mass is 411 g/mol. The van der Waals surface area contributed by atoms with E-state index in [0.717, 1.165) is 43.4 Å². The summed E-state index contributed by atoms with van der Waals surface area (Å²) in [5.41, 5.74) is 2.30. The van der Waals surface area contributed by atoms with E-state index in [0.29, 0.717) is 43.5 Å². The van der Waals surface area contributed by atoms with Crippen LogP contribution in [0.15, 0.2) is 29.1 Å². The van der Waals surface area contributed by atoms with Crippen molar-refractivity contribution in [2.45, 2.75) is 50.8 Å². The molecule has 2 aromatic rings. The molecule has 1 aromatic heterocycles. The lowest BCUT2D eigenvalue weighted by Crippen LogP contribution is -2.40. The van der Waals surface area contributed by atoms with Crippen molar-refractivity contribution in [2.24, 2.45) is 0 Å². The molecule has 5 rings (SSSR count). The lowest BCUT2D eigenvalue weighted by Gasteiger charge is -2.30. The summed E-state index contributed by atoms with van der Waals surface area (Å²) in [6, 6.07) is 7.17. The van der Waals surface area contributed by atoms with E-state index >= 15 is 0 Å². The van der Waals surface area contributed by atoms with E-state index in [-0.39, 0.29) is 23.6 Å². The lowest BCUT2D eigenvalue weighted by atomic mass is 9.91. The van der Waals surface area contributed by atoms with Gasteiger partial charge in [-0.3, -0.25) is 9.59 Å². The molecule has 1 N–H and O–H groups in total. The summed E-state index contributed by atoms with van der Waals surface area (Å²) in [6.45, 7) is 2.05. The molecule has 0 radical (unpaired) electrons. The molecule has 0 atom stereocenters. The number of nitrogens with one attached hydrogen (secondary N) is 1. The Morgan fingerprint density at radius 1 is 1.10 bits per heavy atom. The Hall–Kier alpha value is -2.87. The van der Waals surface area contributed by atoms with E-state index in [9.17, 15) is 9.59 Å². The maximum atomic E-state index is 12.8. The zero-order valence-corrected chi connectivity index (χ0v) is 16.8. The van der Waals surface area contributed by atoms with Gasteiger partial charge in [0.25, 0.3) is 11.5 Å². The van der Waals surface area contributed by atoms with E-state index in [1.165, 1.54) is 0 Å². The minimum absolute atomic E-state index is 0.0656. The topological polar surface area (TPSA) is 91.7 Å². The van der Waals surface area contributed by atoms with Gasteiger partial charge >= 0.3 is 0 Å². The van der Waals surface area contributed by atoms with Crippen molar-refractivity contribution in [3.63, 3.8) is 0 Å². The molecule has 1 aromatic carbocycles. The maximum absolute atomic E-state index is 12.8. The first-order valence-electron chi connectivity index (χ1n) is 10.6. The largest absolute Gasteiger partial charge is 0.486 e. The van der Waals surface area contributed by atoms with Crippen LogP contribution in [0.3, 0.4) is 0 Å². The minimum Gasteiger partial charge on any atom is -0.486 e. The molecule has 30 heavy (non-hydrogen) atoms. The molecule has 8 nitrogen and oxygen atoms in total. The number of nitrogens with zero attached hydrogens (tertiary/aromatic N) is 2. The molecule has 1 fully saturated rings. The van der Waals surface area contributed by atoms with Gasteiger partial charge in [0.2, 0.25) is 0 Å². The van der Waals surface area contributed by atoms with E-state index in [1.54, 1.807) is 22.9 Å². The molecule has 0 saturated heterocycles. The fourth-order valence-corrected chi connectivity index (χ4v) is 4.47. The van der Waals surface area contributed by atoms with Gasteiger partial charge in [-0.1, -0.05) is 6.07 Å². The number of ether oxygens (including phenoxy) is 3. The van der Waals surface area contributed by atoms with Crippen molar-refractivity contribution in [2.75, 3.05) is 19.8 Å². The standard InChI is InChI=1S/C22H25N3O5/c26-20-12-14-13-28-9-8-18(14)24-25(20)16-6-4-15(5-7-16)23-22(27)17-2-1-3-19-21(17)30-11-10-29-19/h1-3,12,15-16H,4-11,13H2,(H,23,27). The van der Waals surface area contributed by atoms with Crippen LogP contribution < -0.4 is 20.3 Å². The fourth-order valence-electron chi connectivity index (χ4n) is 4.47. The third-order valence-electron chi connectivity index (χ3n) is 6.05. The SMILES string of the molecule is O=C(NC1CCC(n2nc3c(cc2=O)COCC3)CC1)c1cccc2c1OCCO2. The van der Waals surface area contributed by atoms with Gasteiger partial charge < -0.3 is 19.5 Å². The Kier molecular flexibility index (Phi) is 5.16. The molecule has 3 aliphatic rings. The third kappa shape index (κ3) is 3.67. The lowest BCUT2D eigenvalue weighted by molar-refractivity contribution is 0.0909. The molecule has 2 aliphatic heterocycles. The molecule has 0 bridgehead atoms. The highest BCUT2D eigenvalue weighted by molar-refractivity contribution is 5.98.